The van der Waals surface area contributed by atoms with E-state index in [1.54, 1.807) is 11.3 Å². The molecule has 0 N–H and O–H groups in total. The largest absolute Gasteiger partial charge is 0.487 e. The molecular formula is C15H10OS. The Morgan fingerprint density at radius 2 is 2.12 bits per heavy atom. The maximum atomic E-state index is 5.84. The number of benzene rings is 1. The molecule has 2 heteroatoms. The summed E-state index contributed by atoms with van der Waals surface area (Å²) in [7, 11) is 0. The highest BCUT2D eigenvalue weighted by molar-refractivity contribution is 7.09. The Morgan fingerprint density at radius 1 is 1.12 bits per heavy atom. The van der Waals surface area contributed by atoms with E-state index in [1.165, 1.54) is 4.88 Å². The van der Waals surface area contributed by atoms with Crippen molar-refractivity contribution >= 4 is 22.1 Å². The lowest BCUT2D eigenvalue weighted by atomic mass is 10.1. The summed E-state index contributed by atoms with van der Waals surface area (Å²) < 4.78 is 5.84. The fourth-order valence-corrected chi connectivity index (χ4v) is 2.35. The molecule has 0 aliphatic carbocycles. The molecule has 3 aromatic rings. The van der Waals surface area contributed by atoms with E-state index in [0.717, 1.165) is 16.5 Å². The van der Waals surface area contributed by atoms with Crippen LogP contribution in [0, 0.1) is 12.1 Å². The van der Waals surface area contributed by atoms with Crippen molar-refractivity contribution in [3.8, 4) is 5.75 Å². The van der Waals surface area contributed by atoms with E-state index in [0.29, 0.717) is 6.61 Å². The predicted octanol–water partition coefficient (Wildman–Crippen LogP) is 4.08. The molecule has 1 heterocycles. The second-order valence-corrected chi connectivity index (χ2v) is 4.72. The van der Waals surface area contributed by atoms with Crippen molar-refractivity contribution < 1.29 is 4.74 Å². The Bertz CT molecular complexity index is 608. The predicted molar refractivity (Wildman–Crippen MR) is 70.3 cm³/mol. The molecule has 0 saturated heterocycles. The highest BCUT2D eigenvalue weighted by atomic mass is 32.1. The molecule has 0 bridgehead atoms. The molecule has 0 amide bonds. The van der Waals surface area contributed by atoms with Crippen LogP contribution in [0.4, 0.5) is 0 Å². The summed E-state index contributed by atoms with van der Waals surface area (Å²) in [6, 6.07) is 20.0. The van der Waals surface area contributed by atoms with E-state index in [4.69, 9.17) is 4.74 Å². The maximum absolute atomic E-state index is 5.84. The molecule has 0 aliphatic rings. The Hall–Kier alpha value is -1.98. The maximum Gasteiger partial charge on any atom is 0.128 e. The minimum absolute atomic E-state index is 0.620. The Labute approximate surface area is 104 Å². The first-order chi connectivity index (χ1) is 8.43. The summed E-state index contributed by atoms with van der Waals surface area (Å²) in [5, 5.41) is 4.18. The number of ether oxygens (including phenoxy) is 1. The molecule has 0 radical (unpaired) electrons. The van der Waals surface area contributed by atoms with E-state index in [-0.39, 0.29) is 0 Å². The average Bonchev–Trinajstić information content (AvgIpc) is 2.89. The second kappa shape index (κ2) is 4.48. The third-order valence-electron chi connectivity index (χ3n) is 2.56. The van der Waals surface area contributed by atoms with Crippen LogP contribution in [0.15, 0.2) is 47.8 Å². The molecule has 82 valence electrons. The zero-order valence-electron chi connectivity index (χ0n) is 9.14. The molecule has 0 unspecified atom stereocenters. The number of thiophene rings is 1. The molecule has 0 aliphatic heterocycles. The van der Waals surface area contributed by atoms with Crippen LogP contribution >= 0.6 is 11.3 Å². The number of hydrogen-bond donors (Lipinski definition) is 0. The normalized spacial score (nSPS) is 10.1. The highest BCUT2D eigenvalue weighted by Gasteiger charge is 2.01. The topological polar surface area (TPSA) is 9.23 Å². The van der Waals surface area contributed by atoms with Gasteiger partial charge >= 0.3 is 0 Å². The fraction of sp³-hybridized carbons (Fsp3) is 0.0667. The first kappa shape index (κ1) is 10.2. The van der Waals surface area contributed by atoms with E-state index in [9.17, 15) is 0 Å². The zero-order chi connectivity index (χ0) is 11.5. The van der Waals surface area contributed by atoms with Crippen molar-refractivity contribution in [1.29, 1.82) is 0 Å². The molecule has 0 saturated carbocycles. The smallest absolute Gasteiger partial charge is 0.128 e. The number of fused-ring (bicyclic) bond motifs is 1. The standard InChI is InChI=1S/C15H10OS/c1-2-8-14-12(5-1)6-3-9-15(14)16-11-13-7-4-10-17-13/h2-4,6-10H,11H2. The summed E-state index contributed by atoms with van der Waals surface area (Å²) in [4.78, 5) is 1.23. The van der Waals surface area contributed by atoms with Gasteiger partial charge in [0.15, 0.2) is 0 Å². The van der Waals surface area contributed by atoms with Gasteiger partial charge in [-0.2, -0.15) is 0 Å². The van der Waals surface area contributed by atoms with Gasteiger partial charge in [0.05, 0.1) is 0 Å². The van der Waals surface area contributed by atoms with Crippen LogP contribution in [0.1, 0.15) is 4.88 Å². The monoisotopic (exact) mass is 238 g/mol. The van der Waals surface area contributed by atoms with E-state index in [2.05, 4.69) is 23.6 Å². The van der Waals surface area contributed by atoms with Crippen LogP contribution in [0.5, 0.6) is 5.75 Å². The molecule has 1 aromatic heterocycles. The van der Waals surface area contributed by atoms with Gasteiger partial charge in [-0.15, -0.1) is 11.3 Å². The zero-order valence-corrected chi connectivity index (χ0v) is 9.96. The molecule has 3 rings (SSSR count). The molecule has 0 fully saturated rings. The van der Waals surface area contributed by atoms with Gasteiger partial charge in [-0.3, -0.25) is 0 Å². The summed E-state index contributed by atoms with van der Waals surface area (Å²) in [5.41, 5.74) is 0. The first-order valence-corrected chi connectivity index (χ1v) is 6.28. The minimum atomic E-state index is 0.620. The molecule has 1 nitrogen and oxygen atoms in total. The van der Waals surface area contributed by atoms with Crippen molar-refractivity contribution in [2.45, 2.75) is 6.61 Å². The second-order valence-electron chi connectivity index (χ2n) is 3.69. The van der Waals surface area contributed by atoms with Crippen molar-refractivity contribution in [1.82, 2.24) is 0 Å². The lowest BCUT2D eigenvalue weighted by molar-refractivity contribution is 0.313. The van der Waals surface area contributed by atoms with E-state index >= 15 is 0 Å². The molecule has 2 aromatic carbocycles. The third kappa shape index (κ3) is 2.11. The van der Waals surface area contributed by atoms with Gasteiger partial charge in [-0.05, 0) is 35.7 Å². The Kier molecular flexibility index (Phi) is 2.69. The van der Waals surface area contributed by atoms with Crippen molar-refractivity contribution in [2.75, 3.05) is 0 Å². The van der Waals surface area contributed by atoms with Crippen molar-refractivity contribution in [3.05, 3.63) is 64.9 Å². The van der Waals surface area contributed by atoms with Crippen LogP contribution in [0.25, 0.3) is 10.8 Å². The minimum Gasteiger partial charge on any atom is -0.487 e. The number of hydrogen-bond acceptors (Lipinski definition) is 2. The molecule has 0 spiro atoms. The first-order valence-electron chi connectivity index (χ1n) is 5.40. The number of rotatable bonds is 3. The Balaban J connectivity index is 1.90. The van der Waals surface area contributed by atoms with Crippen LogP contribution in [0.3, 0.4) is 0 Å². The van der Waals surface area contributed by atoms with Crippen molar-refractivity contribution in [3.63, 3.8) is 0 Å². The third-order valence-corrected chi connectivity index (χ3v) is 3.41. The average molecular weight is 238 g/mol. The van der Waals surface area contributed by atoms with E-state index < -0.39 is 0 Å². The summed E-state index contributed by atoms with van der Waals surface area (Å²) in [6.45, 7) is 0.620. The molecule has 0 atom stereocenters. The van der Waals surface area contributed by atoms with Crippen LogP contribution in [-0.2, 0) is 6.61 Å². The van der Waals surface area contributed by atoms with Crippen molar-refractivity contribution in [2.24, 2.45) is 0 Å². The highest BCUT2D eigenvalue weighted by Crippen LogP contribution is 2.25. The molecular weight excluding hydrogens is 228 g/mol. The summed E-state index contributed by atoms with van der Waals surface area (Å²) in [5.74, 6) is 0.904. The van der Waals surface area contributed by atoms with Gasteiger partial charge in [-0.25, -0.2) is 0 Å². The van der Waals surface area contributed by atoms with Crippen LogP contribution < -0.4 is 4.74 Å². The lowest BCUT2D eigenvalue weighted by Crippen LogP contribution is -1.93. The van der Waals surface area contributed by atoms with Gasteiger partial charge in [0, 0.05) is 15.6 Å². The lowest BCUT2D eigenvalue weighted by Gasteiger charge is -2.06. The van der Waals surface area contributed by atoms with Crippen LogP contribution in [-0.4, -0.2) is 0 Å². The van der Waals surface area contributed by atoms with Gasteiger partial charge < -0.3 is 4.74 Å². The van der Waals surface area contributed by atoms with Gasteiger partial charge in [0.25, 0.3) is 0 Å². The summed E-state index contributed by atoms with van der Waals surface area (Å²) in [6.07, 6.45) is 0. The van der Waals surface area contributed by atoms with Gasteiger partial charge in [-0.1, -0.05) is 24.3 Å². The van der Waals surface area contributed by atoms with E-state index in [1.807, 2.05) is 36.4 Å². The Morgan fingerprint density at radius 3 is 3.00 bits per heavy atom. The van der Waals surface area contributed by atoms with Crippen LogP contribution in [0.2, 0.25) is 0 Å². The van der Waals surface area contributed by atoms with Gasteiger partial charge in [0.1, 0.15) is 12.4 Å². The quantitative estimate of drug-likeness (QED) is 0.668. The van der Waals surface area contributed by atoms with Gasteiger partial charge in [0.2, 0.25) is 0 Å². The SMILES string of the molecule is c1ccc2c(OCc3cccs3)cccc2c#1. The fourth-order valence-electron chi connectivity index (χ4n) is 1.74. The molecule has 17 heavy (non-hydrogen) atoms. The summed E-state index contributed by atoms with van der Waals surface area (Å²) >= 11 is 1.71.